The Kier molecular flexibility index (Phi) is 6.41. The molecule has 0 aliphatic carbocycles. The standard InChI is InChI=1S/C14H28N2O2/c1-17-9-7-16(11-14-5-2-6-15-14)10-13-4-3-8-18-12-13/h13-15H,2-12H2,1H3. The molecule has 18 heavy (non-hydrogen) atoms. The van der Waals surface area contributed by atoms with Crippen molar-refractivity contribution in [1.29, 1.82) is 0 Å². The van der Waals surface area contributed by atoms with Crippen LogP contribution in [0.15, 0.2) is 0 Å². The van der Waals surface area contributed by atoms with E-state index in [0.29, 0.717) is 6.04 Å². The Bertz CT molecular complexity index is 214. The summed E-state index contributed by atoms with van der Waals surface area (Å²) in [5, 5.41) is 3.59. The fourth-order valence-electron chi connectivity index (χ4n) is 3.02. The lowest BCUT2D eigenvalue weighted by Gasteiger charge is -2.31. The summed E-state index contributed by atoms with van der Waals surface area (Å²) in [6.45, 7) is 7.31. The highest BCUT2D eigenvalue weighted by molar-refractivity contribution is 4.79. The molecule has 0 aromatic carbocycles. The molecule has 0 saturated carbocycles. The summed E-state index contributed by atoms with van der Waals surface area (Å²) >= 11 is 0. The molecule has 0 radical (unpaired) electrons. The third kappa shape index (κ3) is 4.84. The Labute approximate surface area is 111 Å². The molecule has 1 N–H and O–H groups in total. The maximum absolute atomic E-state index is 5.58. The van der Waals surface area contributed by atoms with Gasteiger partial charge in [0.15, 0.2) is 0 Å². The zero-order valence-corrected chi connectivity index (χ0v) is 11.7. The lowest BCUT2D eigenvalue weighted by Crippen LogP contribution is -2.42. The Morgan fingerprint density at radius 3 is 2.89 bits per heavy atom. The Morgan fingerprint density at radius 1 is 1.28 bits per heavy atom. The molecule has 2 rings (SSSR count). The Balaban J connectivity index is 1.74. The second kappa shape index (κ2) is 8.10. The molecule has 4 nitrogen and oxygen atoms in total. The molecule has 0 spiro atoms. The van der Waals surface area contributed by atoms with Crippen LogP contribution in [0.25, 0.3) is 0 Å². The van der Waals surface area contributed by atoms with Gasteiger partial charge in [-0.15, -0.1) is 0 Å². The van der Waals surface area contributed by atoms with E-state index in [0.717, 1.165) is 32.3 Å². The SMILES string of the molecule is COCCN(CC1CCCOC1)CC1CCCN1. The maximum atomic E-state index is 5.58. The Hall–Kier alpha value is -0.160. The van der Waals surface area contributed by atoms with Gasteiger partial charge in [0.2, 0.25) is 0 Å². The minimum Gasteiger partial charge on any atom is -0.383 e. The molecule has 2 saturated heterocycles. The van der Waals surface area contributed by atoms with Crippen LogP contribution in [-0.2, 0) is 9.47 Å². The van der Waals surface area contributed by atoms with Crippen LogP contribution in [-0.4, -0.2) is 64.1 Å². The zero-order chi connectivity index (χ0) is 12.6. The van der Waals surface area contributed by atoms with Crippen molar-refractivity contribution in [2.45, 2.75) is 31.7 Å². The molecule has 0 amide bonds. The number of methoxy groups -OCH3 is 1. The minimum atomic E-state index is 0.686. The van der Waals surface area contributed by atoms with Gasteiger partial charge in [-0.25, -0.2) is 0 Å². The monoisotopic (exact) mass is 256 g/mol. The minimum absolute atomic E-state index is 0.686. The van der Waals surface area contributed by atoms with Crippen molar-refractivity contribution in [3.05, 3.63) is 0 Å². The largest absolute Gasteiger partial charge is 0.383 e. The molecule has 2 aliphatic heterocycles. The molecule has 4 heteroatoms. The molecule has 0 bridgehead atoms. The van der Waals surface area contributed by atoms with E-state index in [1.807, 2.05) is 0 Å². The van der Waals surface area contributed by atoms with E-state index in [4.69, 9.17) is 9.47 Å². The predicted octanol–water partition coefficient (Wildman–Crippen LogP) is 1.11. The predicted molar refractivity (Wildman–Crippen MR) is 72.9 cm³/mol. The average Bonchev–Trinajstić information content (AvgIpc) is 2.90. The first-order valence-electron chi connectivity index (χ1n) is 7.41. The van der Waals surface area contributed by atoms with Crippen molar-refractivity contribution in [1.82, 2.24) is 10.2 Å². The van der Waals surface area contributed by atoms with E-state index in [2.05, 4.69) is 10.2 Å². The van der Waals surface area contributed by atoms with E-state index < -0.39 is 0 Å². The van der Waals surface area contributed by atoms with Gasteiger partial charge in [-0.3, -0.25) is 4.90 Å². The van der Waals surface area contributed by atoms with Crippen molar-refractivity contribution < 1.29 is 9.47 Å². The van der Waals surface area contributed by atoms with Gasteiger partial charge in [0.05, 0.1) is 13.2 Å². The summed E-state index contributed by atoms with van der Waals surface area (Å²) in [7, 11) is 1.79. The third-order valence-electron chi connectivity index (χ3n) is 4.02. The molecule has 2 unspecified atom stereocenters. The van der Waals surface area contributed by atoms with E-state index in [1.54, 1.807) is 7.11 Å². The molecule has 2 atom stereocenters. The van der Waals surface area contributed by atoms with Gasteiger partial charge in [-0.05, 0) is 38.1 Å². The lowest BCUT2D eigenvalue weighted by atomic mass is 10.0. The molecule has 2 heterocycles. The van der Waals surface area contributed by atoms with Crippen molar-refractivity contribution in [2.75, 3.05) is 53.1 Å². The summed E-state index contributed by atoms with van der Waals surface area (Å²) in [5.41, 5.74) is 0. The zero-order valence-electron chi connectivity index (χ0n) is 11.7. The van der Waals surface area contributed by atoms with Gasteiger partial charge in [0.25, 0.3) is 0 Å². The molecule has 2 fully saturated rings. The summed E-state index contributed by atoms with van der Waals surface area (Å²) in [4.78, 5) is 2.56. The van der Waals surface area contributed by atoms with Crippen LogP contribution < -0.4 is 5.32 Å². The van der Waals surface area contributed by atoms with Gasteiger partial charge in [0, 0.05) is 39.4 Å². The molecule has 0 aromatic heterocycles. The van der Waals surface area contributed by atoms with Crippen molar-refractivity contribution >= 4 is 0 Å². The van der Waals surface area contributed by atoms with Gasteiger partial charge in [-0.2, -0.15) is 0 Å². The normalized spacial score (nSPS) is 29.0. The van der Waals surface area contributed by atoms with Crippen LogP contribution in [0.1, 0.15) is 25.7 Å². The number of rotatable bonds is 7. The van der Waals surface area contributed by atoms with Crippen LogP contribution >= 0.6 is 0 Å². The van der Waals surface area contributed by atoms with Crippen molar-refractivity contribution in [3.63, 3.8) is 0 Å². The summed E-state index contributed by atoms with van der Waals surface area (Å²) in [6, 6.07) is 0.686. The maximum Gasteiger partial charge on any atom is 0.0589 e. The highest BCUT2D eigenvalue weighted by Crippen LogP contribution is 2.16. The fourth-order valence-corrected chi connectivity index (χ4v) is 3.02. The summed E-state index contributed by atoms with van der Waals surface area (Å²) in [5.74, 6) is 0.719. The second-order valence-electron chi connectivity index (χ2n) is 5.63. The van der Waals surface area contributed by atoms with Crippen LogP contribution in [0.3, 0.4) is 0 Å². The average molecular weight is 256 g/mol. The second-order valence-corrected chi connectivity index (χ2v) is 5.63. The fraction of sp³-hybridized carbons (Fsp3) is 1.00. The lowest BCUT2D eigenvalue weighted by molar-refractivity contribution is 0.0327. The summed E-state index contributed by atoms with van der Waals surface area (Å²) < 4.78 is 10.8. The topological polar surface area (TPSA) is 33.7 Å². The van der Waals surface area contributed by atoms with E-state index in [9.17, 15) is 0 Å². The van der Waals surface area contributed by atoms with Crippen LogP contribution in [0, 0.1) is 5.92 Å². The third-order valence-corrected chi connectivity index (χ3v) is 4.02. The highest BCUT2D eigenvalue weighted by atomic mass is 16.5. The van der Waals surface area contributed by atoms with Crippen LogP contribution in [0.2, 0.25) is 0 Å². The first kappa shape index (κ1) is 14.3. The number of nitrogens with zero attached hydrogens (tertiary/aromatic N) is 1. The smallest absolute Gasteiger partial charge is 0.0589 e. The first-order chi connectivity index (χ1) is 8.88. The van der Waals surface area contributed by atoms with Gasteiger partial charge in [-0.1, -0.05) is 0 Å². The van der Waals surface area contributed by atoms with Gasteiger partial charge in [0.1, 0.15) is 0 Å². The number of nitrogens with one attached hydrogen (secondary N) is 1. The molecular weight excluding hydrogens is 228 g/mol. The molecule has 0 aromatic rings. The van der Waals surface area contributed by atoms with Crippen molar-refractivity contribution in [2.24, 2.45) is 5.92 Å². The number of ether oxygens (including phenoxy) is 2. The highest BCUT2D eigenvalue weighted by Gasteiger charge is 2.21. The van der Waals surface area contributed by atoms with E-state index in [1.165, 1.54) is 45.3 Å². The summed E-state index contributed by atoms with van der Waals surface area (Å²) in [6.07, 6.45) is 5.20. The molecule has 2 aliphatic rings. The van der Waals surface area contributed by atoms with Gasteiger partial charge < -0.3 is 14.8 Å². The Morgan fingerprint density at radius 2 is 2.22 bits per heavy atom. The van der Waals surface area contributed by atoms with Crippen LogP contribution in [0.4, 0.5) is 0 Å². The van der Waals surface area contributed by atoms with Gasteiger partial charge >= 0.3 is 0 Å². The molecule has 106 valence electrons. The molecular formula is C14H28N2O2. The quantitative estimate of drug-likeness (QED) is 0.740. The van der Waals surface area contributed by atoms with E-state index >= 15 is 0 Å². The van der Waals surface area contributed by atoms with E-state index in [-0.39, 0.29) is 0 Å². The van der Waals surface area contributed by atoms with Crippen LogP contribution in [0.5, 0.6) is 0 Å². The number of hydrogen-bond acceptors (Lipinski definition) is 4. The van der Waals surface area contributed by atoms with Crippen molar-refractivity contribution in [3.8, 4) is 0 Å². The number of hydrogen-bond donors (Lipinski definition) is 1. The first-order valence-corrected chi connectivity index (χ1v) is 7.41.